The molecular formula is C19H16OS. The quantitative estimate of drug-likeness (QED) is 0.626. The number of ether oxygens (including phenoxy) is 1. The summed E-state index contributed by atoms with van der Waals surface area (Å²) in [5, 5.41) is 0. The van der Waals surface area contributed by atoms with Crippen LogP contribution in [0.1, 0.15) is 0 Å². The maximum absolute atomic E-state index is 5.23. The summed E-state index contributed by atoms with van der Waals surface area (Å²) >= 11 is 1.79. The molecular weight excluding hydrogens is 276 g/mol. The first-order chi connectivity index (χ1) is 10.4. The molecule has 0 aliphatic heterocycles. The van der Waals surface area contributed by atoms with E-state index in [1.165, 1.54) is 20.9 Å². The topological polar surface area (TPSA) is 9.23 Å². The molecule has 2 heteroatoms. The third-order valence-corrected chi connectivity index (χ3v) is 4.34. The molecule has 3 rings (SSSR count). The summed E-state index contributed by atoms with van der Waals surface area (Å²) in [5.41, 5.74) is 2.45. The summed E-state index contributed by atoms with van der Waals surface area (Å²) in [5.74, 6) is 0.881. The SMILES string of the molecule is COc1ccc(-c2ccccc2Sc2ccccc2)cc1. The van der Waals surface area contributed by atoms with Crippen molar-refractivity contribution in [2.75, 3.05) is 7.11 Å². The van der Waals surface area contributed by atoms with E-state index >= 15 is 0 Å². The van der Waals surface area contributed by atoms with Crippen molar-refractivity contribution in [1.82, 2.24) is 0 Å². The summed E-state index contributed by atoms with van der Waals surface area (Å²) in [7, 11) is 1.69. The fourth-order valence-corrected chi connectivity index (χ4v) is 3.17. The first kappa shape index (κ1) is 13.8. The van der Waals surface area contributed by atoms with Crippen LogP contribution in [0.3, 0.4) is 0 Å². The van der Waals surface area contributed by atoms with Gasteiger partial charge in [-0.1, -0.05) is 60.3 Å². The van der Waals surface area contributed by atoms with E-state index in [2.05, 4.69) is 60.7 Å². The van der Waals surface area contributed by atoms with Gasteiger partial charge in [0, 0.05) is 9.79 Å². The van der Waals surface area contributed by atoms with Crippen molar-refractivity contribution in [1.29, 1.82) is 0 Å². The first-order valence-corrected chi connectivity index (χ1v) is 7.65. The number of hydrogen-bond donors (Lipinski definition) is 0. The Hall–Kier alpha value is -2.19. The zero-order valence-electron chi connectivity index (χ0n) is 11.8. The molecule has 3 aromatic rings. The van der Waals surface area contributed by atoms with E-state index in [-0.39, 0.29) is 0 Å². The molecule has 0 fully saturated rings. The van der Waals surface area contributed by atoms with Gasteiger partial charge in [-0.05, 0) is 41.5 Å². The summed E-state index contributed by atoms with van der Waals surface area (Å²) in [4.78, 5) is 2.51. The average molecular weight is 292 g/mol. The predicted octanol–water partition coefficient (Wildman–Crippen LogP) is 5.51. The number of methoxy groups -OCH3 is 1. The standard InChI is InChI=1S/C19H16OS/c1-20-16-13-11-15(12-14-16)18-9-5-6-10-19(18)21-17-7-3-2-4-8-17/h2-14H,1H3. The van der Waals surface area contributed by atoms with Crippen LogP contribution in [0.25, 0.3) is 11.1 Å². The first-order valence-electron chi connectivity index (χ1n) is 6.83. The van der Waals surface area contributed by atoms with Gasteiger partial charge in [-0.15, -0.1) is 0 Å². The summed E-state index contributed by atoms with van der Waals surface area (Å²) in [6.07, 6.45) is 0. The van der Waals surface area contributed by atoms with E-state index in [4.69, 9.17) is 4.74 Å². The number of rotatable bonds is 4. The summed E-state index contributed by atoms with van der Waals surface area (Å²) in [6, 6.07) is 27.1. The molecule has 0 N–H and O–H groups in total. The van der Waals surface area contributed by atoms with E-state index in [0.29, 0.717) is 0 Å². The normalized spacial score (nSPS) is 10.3. The van der Waals surface area contributed by atoms with Crippen LogP contribution < -0.4 is 4.74 Å². The third-order valence-electron chi connectivity index (χ3n) is 3.26. The van der Waals surface area contributed by atoms with Gasteiger partial charge < -0.3 is 4.74 Å². The van der Waals surface area contributed by atoms with Crippen LogP contribution in [0.15, 0.2) is 88.7 Å². The van der Waals surface area contributed by atoms with Crippen LogP contribution in [-0.4, -0.2) is 7.11 Å². The molecule has 0 bridgehead atoms. The number of benzene rings is 3. The summed E-state index contributed by atoms with van der Waals surface area (Å²) in [6.45, 7) is 0. The van der Waals surface area contributed by atoms with Gasteiger partial charge >= 0.3 is 0 Å². The maximum atomic E-state index is 5.23. The molecule has 0 heterocycles. The fourth-order valence-electron chi connectivity index (χ4n) is 2.18. The van der Waals surface area contributed by atoms with Crippen molar-refractivity contribution in [3.8, 4) is 16.9 Å². The Balaban J connectivity index is 1.95. The zero-order valence-corrected chi connectivity index (χ0v) is 12.6. The van der Waals surface area contributed by atoms with Crippen molar-refractivity contribution < 1.29 is 4.74 Å². The second kappa shape index (κ2) is 6.51. The van der Waals surface area contributed by atoms with Gasteiger partial charge in [0.1, 0.15) is 5.75 Å². The van der Waals surface area contributed by atoms with Gasteiger partial charge in [-0.25, -0.2) is 0 Å². The van der Waals surface area contributed by atoms with Crippen LogP contribution in [-0.2, 0) is 0 Å². The molecule has 0 amide bonds. The molecule has 0 aromatic heterocycles. The molecule has 21 heavy (non-hydrogen) atoms. The Morgan fingerprint density at radius 1 is 0.714 bits per heavy atom. The minimum absolute atomic E-state index is 0.881. The molecule has 0 saturated carbocycles. The molecule has 0 spiro atoms. The largest absolute Gasteiger partial charge is 0.497 e. The molecule has 0 aliphatic carbocycles. The highest BCUT2D eigenvalue weighted by atomic mass is 32.2. The minimum Gasteiger partial charge on any atom is -0.497 e. The van der Waals surface area contributed by atoms with Crippen molar-refractivity contribution in [2.24, 2.45) is 0 Å². The molecule has 0 unspecified atom stereocenters. The molecule has 0 aliphatic rings. The molecule has 0 radical (unpaired) electrons. The molecule has 3 aromatic carbocycles. The Kier molecular flexibility index (Phi) is 4.27. The Morgan fingerprint density at radius 3 is 2.10 bits per heavy atom. The lowest BCUT2D eigenvalue weighted by Gasteiger charge is -2.10. The van der Waals surface area contributed by atoms with Crippen molar-refractivity contribution >= 4 is 11.8 Å². The highest BCUT2D eigenvalue weighted by Gasteiger charge is 2.06. The second-order valence-corrected chi connectivity index (χ2v) is 5.76. The smallest absolute Gasteiger partial charge is 0.118 e. The van der Waals surface area contributed by atoms with Gasteiger partial charge in [0.15, 0.2) is 0 Å². The van der Waals surface area contributed by atoms with Crippen LogP contribution in [0.2, 0.25) is 0 Å². The highest BCUT2D eigenvalue weighted by molar-refractivity contribution is 7.99. The Labute approximate surface area is 129 Å². The monoisotopic (exact) mass is 292 g/mol. The van der Waals surface area contributed by atoms with Gasteiger partial charge in [0.05, 0.1) is 7.11 Å². The zero-order chi connectivity index (χ0) is 14.5. The molecule has 0 atom stereocenters. The van der Waals surface area contributed by atoms with Crippen LogP contribution >= 0.6 is 11.8 Å². The van der Waals surface area contributed by atoms with E-state index in [1.807, 2.05) is 18.2 Å². The number of hydrogen-bond acceptors (Lipinski definition) is 2. The van der Waals surface area contributed by atoms with E-state index in [0.717, 1.165) is 5.75 Å². The van der Waals surface area contributed by atoms with Gasteiger partial charge in [-0.2, -0.15) is 0 Å². The molecule has 0 saturated heterocycles. The Bertz CT molecular complexity index is 705. The third kappa shape index (κ3) is 3.29. The molecule has 1 nitrogen and oxygen atoms in total. The van der Waals surface area contributed by atoms with Crippen LogP contribution in [0, 0.1) is 0 Å². The van der Waals surface area contributed by atoms with Crippen molar-refractivity contribution in [3.05, 3.63) is 78.9 Å². The lowest BCUT2D eigenvalue weighted by Crippen LogP contribution is -1.85. The van der Waals surface area contributed by atoms with Gasteiger partial charge in [0.2, 0.25) is 0 Å². The fraction of sp³-hybridized carbons (Fsp3) is 0.0526. The van der Waals surface area contributed by atoms with Gasteiger partial charge in [-0.3, -0.25) is 0 Å². The van der Waals surface area contributed by atoms with Crippen molar-refractivity contribution in [2.45, 2.75) is 9.79 Å². The minimum atomic E-state index is 0.881. The average Bonchev–Trinajstić information content (AvgIpc) is 2.56. The lowest BCUT2D eigenvalue weighted by atomic mass is 10.1. The van der Waals surface area contributed by atoms with Crippen LogP contribution in [0.4, 0.5) is 0 Å². The van der Waals surface area contributed by atoms with Crippen molar-refractivity contribution in [3.63, 3.8) is 0 Å². The van der Waals surface area contributed by atoms with E-state index < -0.39 is 0 Å². The van der Waals surface area contributed by atoms with E-state index in [9.17, 15) is 0 Å². The summed E-state index contributed by atoms with van der Waals surface area (Å²) < 4.78 is 5.23. The predicted molar refractivity (Wildman–Crippen MR) is 89.0 cm³/mol. The van der Waals surface area contributed by atoms with E-state index in [1.54, 1.807) is 18.9 Å². The highest BCUT2D eigenvalue weighted by Crippen LogP contribution is 2.36. The lowest BCUT2D eigenvalue weighted by molar-refractivity contribution is 0.415. The van der Waals surface area contributed by atoms with Gasteiger partial charge in [0.25, 0.3) is 0 Å². The molecule has 104 valence electrons. The second-order valence-electron chi connectivity index (χ2n) is 4.64. The Morgan fingerprint density at radius 2 is 1.38 bits per heavy atom. The maximum Gasteiger partial charge on any atom is 0.118 e. The van der Waals surface area contributed by atoms with Crippen LogP contribution in [0.5, 0.6) is 5.75 Å².